The first-order valence-corrected chi connectivity index (χ1v) is 7.29. The van der Waals surface area contributed by atoms with E-state index in [0.29, 0.717) is 6.04 Å². The van der Waals surface area contributed by atoms with Gasteiger partial charge in [0.05, 0.1) is 0 Å². The Morgan fingerprint density at radius 3 is 2.75 bits per heavy atom. The predicted molar refractivity (Wildman–Crippen MR) is 75.6 cm³/mol. The monoisotopic (exact) mass is 257 g/mol. The first kappa shape index (κ1) is 13.9. The van der Waals surface area contributed by atoms with Crippen molar-refractivity contribution in [1.29, 1.82) is 0 Å². The van der Waals surface area contributed by atoms with Gasteiger partial charge >= 0.3 is 0 Å². The molecule has 1 atom stereocenters. The summed E-state index contributed by atoms with van der Waals surface area (Å²) in [5.74, 6) is 2.39. The van der Waals surface area contributed by atoms with Crippen LogP contribution in [0.2, 0.25) is 5.02 Å². The van der Waals surface area contributed by atoms with Crippen molar-refractivity contribution in [2.75, 3.05) is 18.6 Å². The van der Waals surface area contributed by atoms with Gasteiger partial charge in [0.15, 0.2) is 0 Å². The molecule has 0 fully saturated rings. The number of hydrogen-bond acceptors (Lipinski definition) is 2. The summed E-state index contributed by atoms with van der Waals surface area (Å²) in [6.45, 7) is 2.22. The standard InChI is InChI=1S/C13H20ClNS/c1-3-8-16-10-12(15-2)9-11-6-4-5-7-13(11)14/h4-7,12,15H,3,8-10H2,1-2H3. The Morgan fingerprint density at radius 1 is 1.38 bits per heavy atom. The molecule has 1 aromatic rings. The zero-order valence-electron chi connectivity index (χ0n) is 10.0. The van der Waals surface area contributed by atoms with Crippen LogP contribution in [0.5, 0.6) is 0 Å². The number of benzene rings is 1. The highest BCUT2D eigenvalue weighted by Gasteiger charge is 2.09. The smallest absolute Gasteiger partial charge is 0.0438 e. The van der Waals surface area contributed by atoms with Gasteiger partial charge in [0.2, 0.25) is 0 Å². The third kappa shape index (κ3) is 4.77. The van der Waals surface area contributed by atoms with Crippen LogP contribution < -0.4 is 5.32 Å². The summed E-state index contributed by atoms with van der Waals surface area (Å²) in [5, 5.41) is 4.24. The van der Waals surface area contributed by atoms with E-state index in [1.54, 1.807) is 0 Å². The molecule has 0 aliphatic carbocycles. The molecular formula is C13H20ClNS. The number of hydrogen-bond donors (Lipinski definition) is 1. The minimum atomic E-state index is 0.511. The summed E-state index contributed by atoms with van der Waals surface area (Å²) >= 11 is 8.16. The highest BCUT2D eigenvalue weighted by atomic mass is 35.5. The topological polar surface area (TPSA) is 12.0 Å². The van der Waals surface area contributed by atoms with E-state index in [2.05, 4.69) is 18.3 Å². The normalized spacial score (nSPS) is 12.7. The molecule has 1 rings (SSSR count). The fraction of sp³-hybridized carbons (Fsp3) is 0.538. The lowest BCUT2D eigenvalue weighted by atomic mass is 10.1. The summed E-state index contributed by atoms with van der Waals surface area (Å²) in [4.78, 5) is 0. The van der Waals surface area contributed by atoms with E-state index in [9.17, 15) is 0 Å². The fourth-order valence-electron chi connectivity index (χ4n) is 1.54. The van der Waals surface area contributed by atoms with Crippen LogP contribution in [0.3, 0.4) is 0 Å². The number of thioether (sulfide) groups is 1. The van der Waals surface area contributed by atoms with Crippen LogP contribution in [-0.4, -0.2) is 24.6 Å². The average Bonchev–Trinajstić information content (AvgIpc) is 2.30. The number of likely N-dealkylation sites (N-methyl/N-ethyl adjacent to an activating group) is 1. The Morgan fingerprint density at radius 2 is 2.12 bits per heavy atom. The summed E-state index contributed by atoms with van der Waals surface area (Å²) in [7, 11) is 2.02. The van der Waals surface area contributed by atoms with E-state index in [-0.39, 0.29) is 0 Å². The maximum Gasteiger partial charge on any atom is 0.0438 e. The second kappa shape index (κ2) is 7.99. The van der Waals surface area contributed by atoms with Crippen molar-refractivity contribution in [1.82, 2.24) is 5.32 Å². The van der Waals surface area contributed by atoms with Gasteiger partial charge in [0, 0.05) is 16.8 Å². The molecule has 0 spiro atoms. The molecule has 1 nitrogen and oxygen atoms in total. The summed E-state index contributed by atoms with van der Waals surface area (Å²) in [6.07, 6.45) is 2.25. The molecule has 0 heterocycles. The SMILES string of the molecule is CCCSCC(Cc1ccccc1Cl)NC. The molecule has 90 valence electrons. The van der Waals surface area contributed by atoms with Crippen molar-refractivity contribution in [3.05, 3.63) is 34.9 Å². The van der Waals surface area contributed by atoms with Crippen LogP contribution in [0.4, 0.5) is 0 Å². The third-order valence-electron chi connectivity index (χ3n) is 2.50. The highest BCUT2D eigenvalue weighted by molar-refractivity contribution is 7.99. The lowest BCUT2D eigenvalue weighted by Gasteiger charge is -2.16. The first-order chi connectivity index (χ1) is 7.77. The maximum atomic E-state index is 6.15. The zero-order valence-corrected chi connectivity index (χ0v) is 11.6. The Balaban J connectivity index is 2.46. The maximum absolute atomic E-state index is 6.15. The number of nitrogens with one attached hydrogen (secondary N) is 1. The molecule has 0 saturated carbocycles. The highest BCUT2D eigenvalue weighted by Crippen LogP contribution is 2.18. The van der Waals surface area contributed by atoms with Gasteiger partial charge in [-0.3, -0.25) is 0 Å². The predicted octanol–water partition coefficient (Wildman–Crippen LogP) is 3.61. The van der Waals surface area contributed by atoms with E-state index in [1.165, 1.54) is 17.7 Å². The minimum Gasteiger partial charge on any atom is -0.316 e. The van der Waals surface area contributed by atoms with Crippen molar-refractivity contribution in [3.63, 3.8) is 0 Å². The molecular weight excluding hydrogens is 238 g/mol. The Hall–Kier alpha value is -0.180. The summed E-state index contributed by atoms with van der Waals surface area (Å²) in [5.41, 5.74) is 1.24. The van der Waals surface area contributed by atoms with Gasteiger partial charge in [-0.2, -0.15) is 11.8 Å². The third-order valence-corrected chi connectivity index (χ3v) is 4.20. The molecule has 3 heteroatoms. The van der Waals surface area contributed by atoms with E-state index in [1.807, 2.05) is 37.0 Å². The second-order valence-electron chi connectivity index (χ2n) is 3.86. The summed E-state index contributed by atoms with van der Waals surface area (Å²) in [6, 6.07) is 8.61. The van der Waals surface area contributed by atoms with Crippen LogP contribution >= 0.6 is 23.4 Å². The molecule has 0 radical (unpaired) electrons. The van der Waals surface area contributed by atoms with Crippen molar-refractivity contribution >= 4 is 23.4 Å². The second-order valence-corrected chi connectivity index (χ2v) is 5.41. The van der Waals surface area contributed by atoms with E-state index in [4.69, 9.17) is 11.6 Å². The van der Waals surface area contributed by atoms with E-state index < -0.39 is 0 Å². The lowest BCUT2D eigenvalue weighted by Crippen LogP contribution is -2.30. The van der Waals surface area contributed by atoms with Crippen molar-refractivity contribution in [2.45, 2.75) is 25.8 Å². The van der Waals surface area contributed by atoms with Gasteiger partial charge in [-0.1, -0.05) is 36.7 Å². The van der Waals surface area contributed by atoms with Gasteiger partial charge in [-0.05, 0) is 37.3 Å². The molecule has 0 saturated heterocycles. The van der Waals surface area contributed by atoms with Crippen molar-refractivity contribution in [3.8, 4) is 0 Å². The van der Waals surface area contributed by atoms with E-state index in [0.717, 1.165) is 17.2 Å². The molecule has 1 N–H and O–H groups in total. The Bertz CT molecular complexity index is 304. The minimum absolute atomic E-state index is 0.511. The van der Waals surface area contributed by atoms with Crippen molar-refractivity contribution < 1.29 is 0 Å². The Kier molecular flexibility index (Phi) is 6.93. The molecule has 1 aromatic carbocycles. The van der Waals surface area contributed by atoms with E-state index >= 15 is 0 Å². The molecule has 0 aliphatic rings. The number of rotatable bonds is 7. The molecule has 16 heavy (non-hydrogen) atoms. The fourth-order valence-corrected chi connectivity index (χ4v) is 2.78. The average molecular weight is 258 g/mol. The molecule has 0 aromatic heterocycles. The Labute approximate surface area is 108 Å². The quantitative estimate of drug-likeness (QED) is 0.749. The van der Waals surface area contributed by atoms with Gasteiger partial charge in [0.1, 0.15) is 0 Å². The molecule has 0 bridgehead atoms. The van der Waals surface area contributed by atoms with Crippen LogP contribution in [0, 0.1) is 0 Å². The summed E-state index contributed by atoms with van der Waals surface area (Å²) < 4.78 is 0. The molecule has 0 amide bonds. The van der Waals surface area contributed by atoms with Crippen molar-refractivity contribution in [2.24, 2.45) is 0 Å². The van der Waals surface area contributed by atoms with Gasteiger partial charge in [-0.15, -0.1) is 0 Å². The largest absolute Gasteiger partial charge is 0.316 e. The first-order valence-electron chi connectivity index (χ1n) is 5.76. The van der Waals surface area contributed by atoms with Gasteiger partial charge in [-0.25, -0.2) is 0 Å². The zero-order chi connectivity index (χ0) is 11.8. The van der Waals surface area contributed by atoms with Gasteiger partial charge in [0.25, 0.3) is 0 Å². The molecule has 0 aliphatic heterocycles. The van der Waals surface area contributed by atoms with Crippen LogP contribution in [0.1, 0.15) is 18.9 Å². The number of halogens is 1. The lowest BCUT2D eigenvalue weighted by molar-refractivity contribution is 0.617. The van der Waals surface area contributed by atoms with Crippen LogP contribution in [-0.2, 0) is 6.42 Å². The van der Waals surface area contributed by atoms with Gasteiger partial charge < -0.3 is 5.32 Å². The van der Waals surface area contributed by atoms with Crippen LogP contribution in [0.25, 0.3) is 0 Å². The van der Waals surface area contributed by atoms with Crippen LogP contribution in [0.15, 0.2) is 24.3 Å². The molecule has 1 unspecified atom stereocenters.